The summed E-state index contributed by atoms with van der Waals surface area (Å²) in [6.07, 6.45) is 4.53. The smallest absolute Gasteiger partial charge is 0.162 e. The lowest BCUT2D eigenvalue weighted by Gasteiger charge is -2.00. The molecular formula is C9H9ClN4O. The Morgan fingerprint density at radius 1 is 1.53 bits per heavy atom. The molecular weight excluding hydrogens is 216 g/mol. The SMILES string of the molecule is Clc1ncnc2c1cnn2CCC1CO1. The number of fused-ring (bicyclic) bond motifs is 1. The van der Waals surface area contributed by atoms with Gasteiger partial charge in [0.15, 0.2) is 5.65 Å². The normalized spacial score (nSPS) is 19.7. The van der Waals surface area contributed by atoms with E-state index in [2.05, 4.69) is 15.1 Å². The van der Waals surface area contributed by atoms with Crippen LogP contribution >= 0.6 is 11.6 Å². The highest BCUT2D eigenvalue weighted by Gasteiger charge is 2.22. The van der Waals surface area contributed by atoms with Crippen molar-refractivity contribution in [2.75, 3.05) is 6.61 Å². The molecule has 78 valence electrons. The van der Waals surface area contributed by atoms with E-state index >= 15 is 0 Å². The van der Waals surface area contributed by atoms with Gasteiger partial charge in [-0.1, -0.05) is 11.6 Å². The fourth-order valence-corrected chi connectivity index (χ4v) is 1.71. The maximum atomic E-state index is 5.92. The van der Waals surface area contributed by atoms with Crippen LogP contribution in [-0.4, -0.2) is 32.5 Å². The Bertz CT molecular complexity index is 494. The molecule has 15 heavy (non-hydrogen) atoms. The lowest BCUT2D eigenvalue weighted by molar-refractivity contribution is 0.381. The van der Waals surface area contributed by atoms with Crippen molar-refractivity contribution in [2.24, 2.45) is 0 Å². The van der Waals surface area contributed by atoms with Crippen LogP contribution in [0.3, 0.4) is 0 Å². The topological polar surface area (TPSA) is 56.1 Å². The molecule has 3 heterocycles. The molecule has 5 nitrogen and oxygen atoms in total. The monoisotopic (exact) mass is 224 g/mol. The second-order valence-corrected chi connectivity index (χ2v) is 3.87. The Labute approximate surface area is 91.0 Å². The zero-order valence-electron chi connectivity index (χ0n) is 7.93. The highest BCUT2D eigenvalue weighted by Crippen LogP contribution is 2.20. The van der Waals surface area contributed by atoms with Gasteiger partial charge in [-0.2, -0.15) is 5.10 Å². The molecule has 0 aromatic carbocycles. The summed E-state index contributed by atoms with van der Waals surface area (Å²) in [5.74, 6) is 0. The Morgan fingerprint density at radius 3 is 3.20 bits per heavy atom. The van der Waals surface area contributed by atoms with Crippen LogP contribution in [0.1, 0.15) is 6.42 Å². The van der Waals surface area contributed by atoms with Crippen LogP contribution in [0.15, 0.2) is 12.5 Å². The third kappa shape index (κ3) is 1.68. The zero-order valence-corrected chi connectivity index (χ0v) is 8.68. The van der Waals surface area contributed by atoms with E-state index in [0.717, 1.165) is 30.6 Å². The quantitative estimate of drug-likeness (QED) is 0.582. The predicted molar refractivity (Wildman–Crippen MR) is 54.7 cm³/mol. The van der Waals surface area contributed by atoms with Crippen molar-refractivity contribution in [1.29, 1.82) is 0 Å². The van der Waals surface area contributed by atoms with Crippen LogP contribution in [0.2, 0.25) is 5.15 Å². The molecule has 1 saturated heterocycles. The van der Waals surface area contributed by atoms with Gasteiger partial charge in [0.2, 0.25) is 0 Å². The van der Waals surface area contributed by atoms with Gasteiger partial charge in [0.1, 0.15) is 11.5 Å². The van der Waals surface area contributed by atoms with Crippen LogP contribution in [0.4, 0.5) is 0 Å². The Balaban J connectivity index is 1.92. The summed E-state index contributed by atoms with van der Waals surface area (Å²) in [5, 5.41) is 5.48. The van der Waals surface area contributed by atoms with Crippen LogP contribution in [0.5, 0.6) is 0 Å². The molecule has 0 aliphatic carbocycles. The standard InChI is InChI=1S/C9H9ClN4O/c10-8-7-3-13-14(2-1-6-4-15-6)9(7)12-5-11-8/h3,5-6H,1-2,4H2. The molecule has 0 spiro atoms. The zero-order chi connectivity index (χ0) is 10.3. The third-order valence-electron chi connectivity index (χ3n) is 2.45. The minimum atomic E-state index is 0.404. The van der Waals surface area contributed by atoms with Crippen LogP contribution in [0, 0.1) is 0 Å². The molecule has 0 bridgehead atoms. The number of halogens is 1. The van der Waals surface area contributed by atoms with Gasteiger partial charge in [0.05, 0.1) is 24.3 Å². The molecule has 2 aromatic rings. The van der Waals surface area contributed by atoms with E-state index in [1.54, 1.807) is 6.20 Å². The van der Waals surface area contributed by atoms with Gasteiger partial charge in [-0.05, 0) is 6.42 Å². The molecule has 1 unspecified atom stereocenters. The fourth-order valence-electron chi connectivity index (χ4n) is 1.53. The maximum Gasteiger partial charge on any atom is 0.162 e. The first-order chi connectivity index (χ1) is 7.34. The van der Waals surface area contributed by atoms with Gasteiger partial charge < -0.3 is 4.74 Å². The molecule has 0 amide bonds. The van der Waals surface area contributed by atoms with E-state index in [0.29, 0.717) is 11.3 Å². The van der Waals surface area contributed by atoms with E-state index in [-0.39, 0.29) is 0 Å². The van der Waals surface area contributed by atoms with E-state index in [1.807, 2.05) is 4.68 Å². The highest BCUT2D eigenvalue weighted by atomic mass is 35.5. The Morgan fingerprint density at radius 2 is 2.40 bits per heavy atom. The lowest BCUT2D eigenvalue weighted by atomic mass is 10.3. The average molecular weight is 225 g/mol. The summed E-state index contributed by atoms with van der Waals surface area (Å²) in [4.78, 5) is 8.07. The van der Waals surface area contributed by atoms with Crippen LogP contribution in [0.25, 0.3) is 11.0 Å². The van der Waals surface area contributed by atoms with E-state index in [4.69, 9.17) is 16.3 Å². The van der Waals surface area contributed by atoms with E-state index in [9.17, 15) is 0 Å². The highest BCUT2D eigenvalue weighted by molar-refractivity contribution is 6.33. The summed E-state index contributed by atoms with van der Waals surface area (Å²) in [6, 6.07) is 0. The van der Waals surface area contributed by atoms with E-state index in [1.165, 1.54) is 6.33 Å². The number of hydrogen-bond acceptors (Lipinski definition) is 4. The molecule has 3 rings (SSSR count). The summed E-state index contributed by atoms with van der Waals surface area (Å²) in [6.45, 7) is 1.68. The van der Waals surface area contributed by atoms with Gasteiger partial charge in [-0.25, -0.2) is 14.6 Å². The number of aryl methyl sites for hydroxylation is 1. The van der Waals surface area contributed by atoms with Crippen molar-refractivity contribution in [1.82, 2.24) is 19.7 Å². The number of epoxide rings is 1. The minimum Gasteiger partial charge on any atom is -0.373 e. The number of aromatic nitrogens is 4. The van der Waals surface area contributed by atoms with Crippen molar-refractivity contribution in [3.05, 3.63) is 17.7 Å². The first kappa shape index (κ1) is 9.06. The van der Waals surface area contributed by atoms with Crippen LogP contribution in [-0.2, 0) is 11.3 Å². The summed E-state index contributed by atoms with van der Waals surface area (Å²) in [5.41, 5.74) is 0.788. The van der Waals surface area contributed by atoms with Gasteiger partial charge in [-0.15, -0.1) is 0 Å². The summed E-state index contributed by atoms with van der Waals surface area (Å²) >= 11 is 5.92. The first-order valence-corrected chi connectivity index (χ1v) is 5.16. The third-order valence-corrected chi connectivity index (χ3v) is 2.75. The number of rotatable bonds is 3. The molecule has 0 N–H and O–H groups in total. The fraction of sp³-hybridized carbons (Fsp3) is 0.444. The molecule has 1 fully saturated rings. The van der Waals surface area contributed by atoms with Gasteiger partial charge in [0.25, 0.3) is 0 Å². The number of hydrogen-bond donors (Lipinski definition) is 0. The van der Waals surface area contributed by atoms with Crippen molar-refractivity contribution in [2.45, 2.75) is 19.1 Å². The first-order valence-electron chi connectivity index (χ1n) is 4.78. The Hall–Kier alpha value is -1.20. The molecule has 0 saturated carbocycles. The van der Waals surface area contributed by atoms with Crippen molar-refractivity contribution in [3.8, 4) is 0 Å². The van der Waals surface area contributed by atoms with Crippen molar-refractivity contribution < 1.29 is 4.74 Å². The number of nitrogens with zero attached hydrogens (tertiary/aromatic N) is 4. The minimum absolute atomic E-state index is 0.404. The molecule has 2 aromatic heterocycles. The predicted octanol–water partition coefficient (Wildman–Crippen LogP) is 1.27. The van der Waals surface area contributed by atoms with Gasteiger partial charge >= 0.3 is 0 Å². The van der Waals surface area contributed by atoms with Crippen LogP contribution < -0.4 is 0 Å². The molecule has 1 aliphatic rings. The molecule has 1 aliphatic heterocycles. The molecule has 1 atom stereocenters. The average Bonchev–Trinajstić information content (AvgIpc) is 2.97. The second kappa shape index (κ2) is 3.43. The largest absolute Gasteiger partial charge is 0.373 e. The van der Waals surface area contributed by atoms with Crippen molar-refractivity contribution in [3.63, 3.8) is 0 Å². The molecule has 6 heteroatoms. The second-order valence-electron chi connectivity index (χ2n) is 3.51. The number of ether oxygens (including phenoxy) is 1. The lowest BCUT2D eigenvalue weighted by Crippen LogP contribution is -2.03. The summed E-state index contributed by atoms with van der Waals surface area (Å²) < 4.78 is 6.98. The maximum absolute atomic E-state index is 5.92. The van der Waals surface area contributed by atoms with Gasteiger partial charge in [0, 0.05) is 6.54 Å². The van der Waals surface area contributed by atoms with Gasteiger partial charge in [-0.3, -0.25) is 0 Å². The summed E-state index contributed by atoms with van der Waals surface area (Å²) in [7, 11) is 0. The Kier molecular flexibility index (Phi) is 2.07. The molecule has 0 radical (unpaired) electrons. The van der Waals surface area contributed by atoms with E-state index < -0.39 is 0 Å². The van der Waals surface area contributed by atoms with Crippen molar-refractivity contribution >= 4 is 22.6 Å².